The predicted octanol–water partition coefficient (Wildman–Crippen LogP) is 3.90. The zero-order chi connectivity index (χ0) is 26.4. The van der Waals surface area contributed by atoms with Crippen molar-refractivity contribution in [2.24, 2.45) is 5.73 Å². The van der Waals surface area contributed by atoms with Crippen molar-refractivity contribution in [2.75, 3.05) is 0 Å². The Morgan fingerprint density at radius 2 is 1.61 bits per heavy atom. The van der Waals surface area contributed by atoms with E-state index in [0.29, 0.717) is 11.3 Å². The fourth-order valence-corrected chi connectivity index (χ4v) is 5.02. The van der Waals surface area contributed by atoms with E-state index < -0.39 is 40.8 Å². The quantitative estimate of drug-likeness (QED) is 0.521. The van der Waals surface area contributed by atoms with Gasteiger partial charge in [-0.05, 0) is 29.3 Å². The van der Waals surface area contributed by atoms with Gasteiger partial charge in [0.2, 0.25) is 0 Å². The van der Waals surface area contributed by atoms with E-state index in [-0.39, 0.29) is 31.5 Å². The zero-order valence-electron chi connectivity index (χ0n) is 17.8. The molecule has 0 saturated heterocycles. The van der Waals surface area contributed by atoms with Gasteiger partial charge in [0, 0.05) is 0 Å². The first-order chi connectivity index (χ1) is 16.9. The van der Waals surface area contributed by atoms with Gasteiger partial charge in [-0.3, -0.25) is 9.36 Å². The molecule has 0 saturated carbocycles. The fourth-order valence-electron chi connectivity index (χ4n) is 3.90. The number of fused-ring (bicyclic) bond motifs is 1. The van der Waals surface area contributed by atoms with E-state index in [1.165, 1.54) is 18.2 Å². The van der Waals surface area contributed by atoms with Gasteiger partial charge in [-0.25, -0.2) is 0 Å². The van der Waals surface area contributed by atoms with E-state index in [2.05, 4.69) is 0 Å². The summed E-state index contributed by atoms with van der Waals surface area (Å²) in [6.45, 7) is 0. The molecule has 0 spiro atoms. The van der Waals surface area contributed by atoms with Crippen molar-refractivity contribution in [3.63, 3.8) is 0 Å². The molecule has 2 N–H and O–H groups in total. The molecule has 0 bridgehead atoms. The van der Waals surface area contributed by atoms with Gasteiger partial charge in [0.05, 0.1) is 44.9 Å². The van der Waals surface area contributed by atoms with E-state index in [4.69, 9.17) is 5.73 Å². The van der Waals surface area contributed by atoms with Gasteiger partial charge in [-0.15, -0.1) is 11.3 Å². The highest BCUT2D eigenvalue weighted by Crippen LogP contribution is 2.38. The van der Waals surface area contributed by atoms with E-state index >= 15 is 0 Å². The van der Waals surface area contributed by atoms with Crippen molar-refractivity contribution < 1.29 is 26.3 Å². The highest BCUT2D eigenvalue weighted by molar-refractivity contribution is 7.07. The standard InChI is InChI=1S/C24H12F6N4OS/c25-23(26,27)14-6-3-5-13(8-14)19-15(10-31)20(33)34-21(35)18(36-22(34)16(19)11-32)9-12-4-1-2-7-17(12)24(28,29)30/h1-9,19H,33H2/b18-9-/t19-/m0/s1. The highest BCUT2D eigenvalue weighted by atomic mass is 32.1. The predicted molar refractivity (Wildman–Crippen MR) is 119 cm³/mol. The Balaban J connectivity index is 2.04. The number of nitrogens with zero attached hydrogens (tertiary/aromatic N) is 3. The molecule has 182 valence electrons. The molecule has 0 fully saturated rings. The van der Waals surface area contributed by atoms with Gasteiger partial charge in [0.15, 0.2) is 0 Å². The Hall–Kier alpha value is -4.29. The topological polar surface area (TPSA) is 95.6 Å². The molecule has 2 heterocycles. The van der Waals surface area contributed by atoms with Crippen LogP contribution in [0.2, 0.25) is 0 Å². The summed E-state index contributed by atoms with van der Waals surface area (Å²) in [5.41, 5.74) is 2.26. The largest absolute Gasteiger partial charge is 0.416 e. The monoisotopic (exact) mass is 518 g/mol. The lowest BCUT2D eigenvalue weighted by atomic mass is 9.84. The average Bonchev–Trinajstić information content (AvgIpc) is 3.14. The first kappa shape index (κ1) is 24.8. The third-order valence-electron chi connectivity index (χ3n) is 5.49. The summed E-state index contributed by atoms with van der Waals surface area (Å²) >= 11 is 0.655. The maximum Gasteiger partial charge on any atom is 0.416 e. The molecule has 1 aliphatic rings. The van der Waals surface area contributed by atoms with Crippen molar-refractivity contribution in [3.8, 4) is 12.1 Å². The average molecular weight is 518 g/mol. The Morgan fingerprint density at radius 1 is 0.944 bits per heavy atom. The minimum Gasteiger partial charge on any atom is -0.384 e. The molecule has 1 aliphatic heterocycles. The highest BCUT2D eigenvalue weighted by Gasteiger charge is 2.36. The van der Waals surface area contributed by atoms with Crippen LogP contribution in [0.5, 0.6) is 0 Å². The van der Waals surface area contributed by atoms with Crippen LogP contribution in [0, 0.1) is 22.7 Å². The number of alkyl halides is 6. The number of nitriles is 2. The molecule has 0 amide bonds. The molecule has 2 aromatic carbocycles. The lowest BCUT2D eigenvalue weighted by Gasteiger charge is -2.23. The van der Waals surface area contributed by atoms with Crippen LogP contribution in [0.3, 0.4) is 0 Å². The smallest absolute Gasteiger partial charge is 0.384 e. The fraction of sp³-hybridized carbons (Fsp3) is 0.125. The van der Waals surface area contributed by atoms with E-state index in [1.54, 1.807) is 6.07 Å². The summed E-state index contributed by atoms with van der Waals surface area (Å²) in [7, 11) is 0. The molecule has 12 heteroatoms. The number of nitrogens with two attached hydrogens (primary N) is 1. The van der Waals surface area contributed by atoms with Crippen LogP contribution in [-0.2, 0) is 12.4 Å². The summed E-state index contributed by atoms with van der Waals surface area (Å²) in [4.78, 5) is 13.1. The van der Waals surface area contributed by atoms with Crippen LogP contribution in [-0.4, -0.2) is 4.57 Å². The van der Waals surface area contributed by atoms with Gasteiger partial charge in [-0.1, -0.05) is 36.4 Å². The van der Waals surface area contributed by atoms with Crippen LogP contribution in [0.25, 0.3) is 17.5 Å². The van der Waals surface area contributed by atoms with Crippen molar-refractivity contribution in [1.82, 2.24) is 4.57 Å². The van der Waals surface area contributed by atoms with Crippen molar-refractivity contribution in [3.05, 3.63) is 95.9 Å². The summed E-state index contributed by atoms with van der Waals surface area (Å²) in [6, 6.07) is 12.2. The minimum atomic E-state index is -4.70. The second kappa shape index (κ2) is 8.73. The Morgan fingerprint density at radius 3 is 2.22 bits per heavy atom. The number of aromatic nitrogens is 1. The normalized spacial score (nSPS) is 16.5. The third kappa shape index (κ3) is 4.16. The van der Waals surface area contributed by atoms with Gasteiger partial charge >= 0.3 is 12.4 Å². The second-order valence-electron chi connectivity index (χ2n) is 7.63. The molecule has 0 radical (unpaired) electrons. The summed E-state index contributed by atoms with van der Waals surface area (Å²) in [5.74, 6) is -1.73. The van der Waals surface area contributed by atoms with Crippen molar-refractivity contribution in [2.45, 2.75) is 18.3 Å². The first-order valence-corrected chi connectivity index (χ1v) is 10.8. The Kier molecular flexibility index (Phi) is 6.02. The minimum absolute atomic E-state index is 0.0547. The molecule has 4 rings (SSSR count). The molecule has 0 unspecified atom stereocenters. The summed E-state index contributed by atoms with van der Waals surface area (Å²) < 4.78 is 80.7. The van der Waals surface area contributed by atoms with Crippen molar-refractivity contribution in [1.29, 1.82) is 10.5 Å². The number of thiazole rings is 1. The number of hydrogen-bond donors (Lipinski definition) is 1. The molecule has 5 nitrogen and oxygen atoms in total. The first-order valence-electron chi connectivity index (χ1n) is 10.00. The van der Waals surface area contributed by atoms with Crippen molar-refractivity contribution >= 4 is 28.8 Å². The van der Waals surface area contributed by atoms with Crippen LogP contribution in [0.15, 0.2) is 58.9 Å². The zero-order valence-corrected chi connectivity index (χ0v) is 18.6. The number of allylic oxidation sites excluding steroid dienone is 1. The van der Waals surface area contributed by atoms with Gasteiger partial charge < -0.3 is 5.73 Å². The number of rotatable bonds is 2. The second-order valence-corrected chi connectivity index (χ2v) is 8.66. The molecule has 1 atom stereocenters. The summed E-state index contributed by atoms with van der Waals surface area (Å²) in [5, 5.41) is 19.6. The van der Waals surface area contributed by atoms with Crippen LogP contribution >= 0.6 is 11.3 Å². The number of benzene rings is 2. The van der Waals surface area contributed by atoms with E-state index in [0.717, 1.165) is 41.0 Å². The third-order valence-corrected chi connectivity index (χ3v) is 6.60. The molecule has 36 heavy (non-hydrogen) atoms. The van der Waals surface area contributed by atoms with Crippen LogP contribution in [0.4, 0.5) is 26.3 Å². The Bertz CT molecular complexity index is 1680. The van der Waals surface area contributed by atoms with E-state index in [1.807, 2.05) is 6.07 Å². The summed E-state index contributed by atoms with van der Waals surface area (Å²) in [6.07, 6.45) is -8.40. The van der Waals surface area contributed by atoms with Gasteiger partial charge in [0.25, 0.3) is 5.56 Å². The maximum atomic E-state index is 13.4. The molecular weight excluding hydrogens is 506 g/mol. The number of halogens is 6. The lowest BCUT2D eigenvalue weighted by Crippen LogP contribution is -2.38. The Labute approximate surface area is 202 Å². The van der Waals surface area contributed by atoms with Gasteiger partial charge in [0.1, 0.15) is 10.5 Å². The lowest BCUT2D eigenvalue weighted by molar-refractivity contribution is -0.138. The molecule has 1 aromatic heterocycles. The number of hydrogen-bond acceptors (Lipinski definition) is 5. The molecular formula is C24H12F6N4OS. The SMILES string of the molecule is N#CC1=C(N)n2c(s/c(=C\c3ccccc3C(F)(F)F)c2=O)=C(C#N)[C@H]1c1cccc(C(F)(F)F)c1. The molecule has 0 aliphatic carbocycles. The molecule has 3 aromatic rings. The van der Waals surface area contributed by atoms with Crippen LogP contribution < -0.4 is 20.5 Å². The van der Waals surface area contributed by atoms with Crippen LogP contribution in [0.1, 0.15) is 28.2 Å². The maximum absolute atomic E-state index is 13.4. The van der Waals surface area contributed by atoms with E-state index in [9.17, 15) is 41.7 Å². The van der Waals surface area contributed by atoms with Gasteiger partial charge in [-0.2, -0.15) is 36.9 Å².